The number of aliphatic imine (C=N–C) groups is 1. The predicted molar refractivity (Wildman–Crippen MR) is 103 cm³/mol. The average Bonchev–Trinajstić information content (AvgIpc) is 3.10. The van der Waals surface area contributed by atoms with E-state index in [0.717, 1.165) is 37.6 Å². The first-order valence-electron chi connectivity index (χ1n) is 8.83. The summed E-state index contributed by atoms with van der Waals surface area (Å²) >= 11 is 0. The van der Waals surface area contributed by atoms with E-state index < -0.39 is 5.97 Å². The van der Waals surface area contributed by atoms with Crippen molar-refractivity contribution in [2.45, 2.75) is 0 Å². The average molecular weight is 364 g/mol. The van der Waals surface area contributed by atoms with Crippen LogP contribution in [0.3, 0.4) is 0 Å². The number of cyclic esters (lactones) is 1. The van der Waals surface area contributed by atoms with Crippen molar-refractivity contribution in [1.82, 2.24) is 0 Å². The Balaban J connectivity index is 1.54. The number of esters is 1. The van der Waals surface area contributed by atoms with Gasteiger partial charge in [0.1, 0.15) is 5.75 Å². The Morgan fingerprint density at radius 3 is 2.63 bits per heavy atom. The maximum Gasteiger partial charge on any atom is 0.363 e. The maximum atomic E-state index is 12.2. The van der Waals surface area contributed by atoms with Crippen LogP contribution in [0.5, 0.6) is 5.75 Å². The van der Waals surface area contributed by atoms with Crippen molar-refractivity contribution < 1.29 is 19.0 Å². The van der Waals surface area contributed by atoms with Gasteiger partial charge in [-0.05, 0) is 42.0 Å². The van der Waals surface area contributed by atoms with E-state index in [1.165, 1.54) is 0 Å². The Kier molecular flexibility index (Phi) is 4.89. The highest BCUT2D eigenvalue weighted by atomic mass is 16.6. The van der Waals surface area contributed by atoms with Gasteiger partial charge in [-0.2, -0.15) is 0 Å². The first-order chi connectivity index (χ1) is 13.2. The lowest BCUT2D eigenvalue weighted by atomic mass is 10.1. The molecule has 2 aromatic carbocycles. The number of ether oxygens (including phenoxy) is 3. The van der Waals surface area contributed by atoms with Crippen LogP contribution < -0.4 is 9.64 Å². The van der Waals surface area contributed by atoms with Crippen molar-refractivity contribution in [3.63, 3.8) is 0 Å². The van der Waals surface area contributed by atoms with E-state index in [2.05, 4.69) is 9.89 Å². The molecule has 0 aliphatic carbocycles. The van der Waals surface area contributed by atoms with Crippen molar-refractivity contribution in [2.24, 2.45) is 4.99 Å². The molecule has 0 saturated carbocycles. The minimum Gasteiger partial charge on any atom is -0.497 e. The van der Waals surface area contributed by atoms with Gasteiger partial charge >= 0.3 is 5.97 Å². The standard InChI is InChI=1S/C21H20N2O4/c1-25-18-4-2-3-16(14-18)20-22-19(21(24)27-20)13-15-5-7-17(8-6-15)23-9-11-26-12-10-23/h2-8,13-14H,9-12H2,1H3. The number of hydrogen-bond acceptors (Lipinski definition) is 6. The number of anilines is 1. The molecule has 0 N–H and O–H groups in total. The first kappa shape index (κ1) is 17.3. The third-order valence-corrected chi connectivity index (χ3v) is 4.51. The SMILES string of the molecule is COc1cccc(C2=NC(=Cc3ccc(N4CCOCC4)cc3)C(=O)O2)c1. The zero-order valence-corrected chi connectivity index (χ0v) is 15.1. The number of rotatable bonds is 4. The molecule has 2 heterocycles. The normalized spacial score (nSPS) is 18.4. The van der Waals surface area contributed by atoms with Gasteiger partial charge in [-0.15, -0.1) is 0 Å². The molecule has 4 rings (SSSR count). The van der Waals surface area contributed by atoms with Crippen molar-refractivity contribution in [3.05, 3.63) is 65.4 Å². The van der Waals surface area contributed by atoms with Gasteiger partial charge in [0.05, 0.1) is 20.3 Å². The summed E-state index contributed by atoms with van der Waals surface area (Å²) in [7, 11) is 1.59. The second-order valence-corrected chi connectivity index (χ2v) is 6.26. The van der Waals surface area contributed by atoms with E-state index in [9.17, 15) is 4.79 Å². The molecule has 1 saturated heterocycles. The number of benzene rings is 2. The van der Waals surface area contributed by atoms with Gasteiger partial charge in [0.2, 0.25) is 5.90 Å². The van der Waals surface area contributed by atoms with Crippen LogP contribution in [-0.4, -0.2) is 45.3 Å². The number of nitrogens with zero attached hydrogens (tertiary/aromatic N) is 2. The summed E-state index contributed by atoms with van der Waals surface area (Å²) in [6.07, 6.45) is 1.73. The summed E-state index contributed by atoms with van der Waals surface area (Å²) < 4.78 is 15.9. The first-order valence-corrected chi connectivity index (χ1v) is 8.83. The third kappa shape index (κ3) is 3.85. The molecule has 138 valence electrons. The molecule has 1 fully saturated rings. The van der Waals surface area contributed by atoms with Crippen LogP contribution in [0.4, 0.5) is 5.69 Å². The number of carbonyl (C=O) groups excluding carboxylic acids is 1. The predicted octanol–water partition coefficient (Wildman–Crippen LogP) is 2.88. The van der Waals surface area contributed by atoms with Gasteiger partial charge in [0.15, 0.2) is 5.70 Å². The Morgan fingerprint density at radius 2 is 1.89 bits per heavy atom. The third-order valence-electron chi connectivity index (χ3n) is 4.51. The molecule has 2 aliphatic heterocycles. The molecule has 2 aliphatic rings. The molecule has 0 amide bonds. The lowest BCUT2D eigenvalue weighted by Crippen LogP contribution is -2.36. The van der Waals surface area contributed by atoms with E-state index in [1.54, 1.807) is 19.3 Å². The lowest BCUT2D eigenvalue weighted by molar-refractivity contribution is -0.129. The van der Waals surface area contributed by atoms with Gasteiger partial charge in [-0.1, -0.05) is 18.2 Å². The molecule has 6 heteroatoms. The molecule has 27 heavy (non-hydrogen) atoms. The van der Waals surface area contributed by atoms with Crippen LogP contribution >= 0.6 is 0 Å². The van der Waals surface area contributed by atoms with Crippen LogP contribution in [0, 0.1) is 0 Å². The van der Waals surface area contributed by atoms with E-state index in [0.29, 0.717) is 11.3 Å². The van der Waals surface area contributed by atoms with Crippen LogP contribution in [0.25, 0.3) is 6.08 Å². The summed E-state index contributed by atoms with van der Waals surface area (Å²) in [5, 5.41) is 0. The van der Waals surface area contributed by atoms with E-state index in [4.69, 9.17) is 14.2 Å². The van der Waals surface area contributed by atoms with Crippen LogP contribution in [0.1, 0.15) is 11.1 Å². The number of hydrogen-bond donors (Lipinski definition) is 0. The van der Waals surface area contributed by atoms with Gasteiger partial charge in [0.25, 0.3) is 0 Å². The summed E-state index contributed by atoms with van der Waals surface area (Å²) in [5.41, 5.74) is 3.03. The van der Waals surface area contributed by atoms with Gasteiger partial charge in [-0.3, -0.25) is 0 Å². The molecule has 0 atom stereocenters. The summed E-state index contributed by atoms with van der Waals surface area (Å²) in [5.74, 6) is 0.516. The van der Waals surface area contributed by atoms with Crippen LogP contribution in [0.2, 0.25) is 0 Å². The monoisotopic (exact) mass is 364 g/mol. The van der Waals surface area contributed by atoms with Gasteiger partial charge < -0.3 is 19.1 Å². The largest absolute Gasteiger partial charge is 0.497 e. The minimum atomic E-state index is -0.454. The number of morpholine rings is 1. The molecular weight excluding hydrogens is 344 g/mol. The fraction of sp³-hybridized carbons (Fsp3) is 0.238. The fourth-order valence-electron chi connectivity index (χ4n) is 3.05. The Hall–Kier alpha value is -3.12. The molecule has 0 bridgehead atoms. The number of methoxy groups -OCH3 is 1. The Morgan fingerprint density at radius 1 is 1.11 bits per heavy atom. The summed E-state index contributed by atoms with van der Waals surface area (Å²) in [4.78, 5) is 18.8. The topological polar surface area (TPSA) is 60.4 Å². The second kappa shape index (κ2) is 7.63. The molecule has 0 radical (unpaired) electrons. The Labute approximate surface area is 157 Å². The van der Waals surface area contributed by atoms with E-state index in [1.807, 2.05) is 42.5 Å². The Bertz CT molecular complexity index is 897. The maximum absolute atomic E-state index is 12.2. The number of carbonyl (C=O) groups is 1. The van der Waals surface area contributed by atoms with Gasteiger partial charge in [-0.25, -0.2) is 9.79 Å². The van der Waals surface area contributed by atoms with E-state index in [-0.39, 0.29) is 11.6 Å². The molecule has 0 unspecified atom stereocenters. The zero-order valence-electron chi connectivity index (χ0n) is 15.1. The lowest BCUT2D eigenvalue weighted by Gasteiger charge is -2.28. The van der Waals surface area contributed by atoms with Crippen molar-refractivity contribution >= 4 is 23.6 Å². The fourth-order valence-corrected chi connectivity index (χ4v) is 3.05. The molecule has 2 aromatic rings. The van der Waals surface area contributed by atoms with Crippen molar-refractivity contribution in [1.29, 1.82) is 0 Å². The van der Waals surface area contributed by atoms with Crippen LogP contribution in [0.15, 0.2) is 59.2 Å². The van der Waals surface area contributed by atoms with Crippen molar-refractivity contribution in [3.8, 4) is 5.75 Å². The quantitative estimate of drug-likeness (QED) is 0.617. The van der Waals surface area contributed by atoms with E-state index >= 15 is 0 Å². The zero-order chi connectivity index (χ0) is 18.6. The van der Waals surface area contributed by atoms with Gasteiger partial charge in [0, 0.05) is 24.3 Å². The minimum absolute atomic E-state index is 0.284. The second-order valence-electron chi connectivity index (χ2n) is 6.26. The van der Waals surface area contributed by atoms with Crippen molar-refractivity contribution in [2.75, 3.05) is 38.3 Å². The highest BCUT2D eigenvalue weighted by Crippen LogP contribution is 2.23. The summed E-state index contributed by atoms with van der Waals surface area (Å²) in [6.45, 7) is 3.28. The molecule has 0 spiro atoms. The molecule has 0 aromatic heterocycles. The summed E-state index contributed by atoms with van der Waals surface area (Å²) in [6, 6.07) is 15.3. The molecule has 6 nitrogen and oxygen atoms in total. The smallest absolute Gasteiger partial charge is 0.363 e. The van der Waals surface area contributed by atoms with Crippen LogP contribution in [-0.2, 0) is 14.3 Å². The highest BCUT2D eigenvalue weighted by molar-refractivity contribution is 6.13. The molecular formula is C21H20N2O4. The highest BCUT2D eigenvalue weighted by Gasteiger charge is 2.24.